The molecule has 0 fully saturated rings. The summed E-state index contributed by atoms with van der Waals surface area (Å²) < 4.78 is 10.1. The number of carbonyl (C=O) groups excluding carboxylic acids is 1. The van der Waals surface area contributed by atoms with Gasteiger partial charge >= 0.3 is 5.97 Å². The normalized spacial score (nSPS) is 11.9. The van der Waals surface area contributed by atoms with Crippen LogP contribution in [-0.2, 0) is 11.2 Å². The molecule has 106 valence electrons. The number of methoxy groups -OCH3 is 1. The zero-order chi connectivity index (χ0) is 14.5. The monoisotopic (exact) mass is 293 g/mol. The molecule has 5 heteroatoms. The highest BCUT2D eigenvalue weighted by Crippen LogP contribution is 2.23. The minimum absolute atomic E-state index is 0.0861. The molecule has 0 aliphatic heterocycles. The van der Waals surface area contributed by atoms with E-state index in [9.17, 15) is 4.79 Å². The number of nitrogens with one attached hydrogen (secondary N) is 1. The van der Waals surface area contributed by atoms with Crippen molar-refractivity contribution in [1.82, 2.24) is 0 Å². The lowest BCUT2D eigenvalue weighted by Gasteiger charge is -2.16. The highest BCUT2D eigenvalue weighted by Gasteiger charge is 2.14. The van der Waals surface area contributed by atoms with Gasteiger partial charge in [-0.2, -0.15) is 0 Å². The second kappa shape index (κ2) is 6.48. The molecule has 1 N–H and O–H groups in total. The van der Waals surface area contributed by atoms with Crippen molar-refractivity contribution < 1.29 is 13.9 Å². The van der Waals surface area contributed by atoms with Gasteiger partial charge < -0.3 is 14.5 Å². The quantitative estimate of drug-likeness (QED) is 0.853. The van der Waals surface area contributed by atoms with Crippen molar-refractivity contribution in [2.45, 2.75) is 19.4 Å². The van der Waals surface area contributed by atoms with Gasteiger partial charge in [-0.25, -0.2) is 4.79 Å². The number of hydrogen-bond acceptors (Lipinski definition) is 4. The number of esters is 1. The Morgan fingerprint density at radius 1 is 1.45 bits per heavy atom. The first-order valence-electron chi connectivity index (χ1n) is 6.27. The maximum Gasteiger partial charge on any atom is 0.339 e. The predicted octanol–water partition coefficient (Wildman–Crippen LogP) is 3.76. The molecule has 2 rings (SSSR count). The maximum atomic E-state index is 11.7. The van der Waals surface area contributed by atoms with E-state index in [1.807, 2.05) is 19.1 Å². The molecule has 0 aliphatic carbocycles. The van der Waals surface area contributed by atoms with Crippen molar-refractivity contribution >= 4 is 23.3 Å². The molecular formula is C15H16ClNO3. The molecule has 1 aromatic carbocycles. The van der Waals surface area contributed by atoms with E-state index in [0.717, 1.165) is 5.76 Å². The number of benzene rings is 1. The van der Waals surface area contributed by atoms with Crippen molar-refractivity contribution in [2.75, 3.05) is 12.4 Å². The van der Waals surface area contributed by atoms with E-state index < -0.39 is 5.97 Å². The number of anilines is 1. The third-order valence-electron chi connectivity index (χ3n) is 2.88. The molecule has 0 bridgehead atoms. The van der Waals surface area contributed by atoms with Crippen LogP contribution in [0.4, 0.5) is 5.69 Å². The zero-order valence-electron chi connectivity index (χ0n) is 11.4. The van der Waals surface area contributed by atoms with Crippen molar-refractivity contribution in [3.05, 3.63) is 52.9 Å². The lowest BCUT2D eigenvalue weighted by atomic mass is 10.1. The number of ether oxygens (including phenoxy) is 1. The fourth-order valence-corrected chi connectivity index (χ4v) is 2.14. The van der Waals surface area contributed by atoms with Gasteiger partial charge in [0.2, 0.25) is 0 Å². The maximum absolute atomic E-state index is 11.7. The van der Waals surface area contributed by atoms with Crippen LogP contribution in [0.5, 0.6) is 0 Å². The molecule has 0 radical (unpaired) electrons. The number of halogens is 1. The minimum Gasteiger partial charge on any atom is -0.469 e. The summed E-state index contributed by atoms with van der Waals surface area (Å²) in [4.78, 5) is 11.7. The molecule has 2 aromatic rings. The minimum atomic E-state index is -0.394. The van der Waals surface area contributed by atoms with Crippen molar-refractivity contribution in [3.8, 4) is 0 Å². The van der Waals surface area contributed by atoms with E-state index >= 15 is 0 Å². The molecule has 0 saturated heterocycles. The van der Waals surface area contributed by atoms with Crippen LogP contribution in [-0.4, -0.2) is 19.1 Å². The van der Waals surface area contributed by atoms with Crippen molar-refractivity contribution in [1.29, 1.82) is 0 Å². The molecule has 0 aliphatic rings. The summed E-state index contributed by atoms with van der Waals surface area (Å²) in [5.41, 5.74) is 1.12. The third kappa shape index (κ3) is 3.54. The number of furan rings is 1. The Bertz CT molecular complexity index is 581. The highest BCUT2D eigenvalue weighted by atomic mass is 35.5. The van der Waals surface area contributed by atoms with Gasteiger partial charge in [-0.1, -0.05) is 11.6 Å². The van der Waals surface area contributed by atoms with Crippen LogP contribution in [0.2, 0.25) is 5.02 Å². The summed E-state index contributed by atoms with van der Waals surface area (Å²) in [6.45, 7) is 2.00. The van der Waals surface area contributed by atoms with Gasteiger partial charge in [0.15, 0.2) is 0 Å². The van der Waals surface area contributed by atoms with Gasteiger partial charge in [-0.05, 0) is 37.3 Å². The number of carbonyl (C=O) groups is 1. The Morgan fingerprint density at radius 3 is 2.90 bits per heavy atom. The summed E-state index contributed by atoms with van der Waals surface area (Å²) in [6.07, 6.45) is 2.35. The fraction of sp³-hybridized carbons (Fsp3) is 0.267. The summed E-state index contributed by atoms with van der Waals surface area (Å²) in [5.74, 6) is 0.487. The molecule has 0 spiro atoms. The Labute approximate surface area is 122 Å². The first-order chi connectivity index (χ1) is 9.60. The molecule has 4 nitrogen and oxygen atoms in total. The van der Waals surface area contributed by atoms with Gasteiger partial charge in [0, 0.05) is 17.5 Å². The molecule has 20 heavy (non-hydrogen) atoms. The number of hydrogen-bond donors (Lipinski definition) is 1. The topological polar surface area (TPSA) is 51.5 Å². The van der Waals surface area contributed by atoms with Crippen LogP contribution < -0.4 is 5.32 Å². The summed E-state index contributed by atoms with van der Waals surface area (Å²) >= 11 is 5.98. The van der Waals surface area contributed by atoms with Crippen molar-refractivity contribution in [3.63, 3.8) is 0 Å². The predicted molar refractivity (Wildman–Crippen MR) is 78.3 cm³/mol. The first-order valence-corrected chi connectivity index (χ1v) is 6.64. The Hall–Kier alpha value is -1.94. The molecule has 1 heterocycles. The molecule has 0 amide bonds. The largest absolute Gasteiger partial charge is 0.469 e. The molecule has 1 atom stereocenters. The fourth-order valence-electron chi connectivity index (χ4n) is 1.97. The van der Waals surface area contributed by atoms with Crippen LogP contribution in [0.25, 0.3) is 0 Å². The smallest absolute Gasteiger partial charge is 0.339 e. The summed E-state index contributed by atoms with van der Waals surface area (Å²) in [6, 6.07) is 8.88. The van der Waals surface area contributed by atoms with E-state index in [2.05, 4.69) is 5.32 Å². The van der Waals surface area contributed by atoms with Gasteiger partial charge in [0.1, 0.15) is 5.76 Å². The lowest BCUT2D eigenvalue weighted by Crippen LogP contribution is -2.20. The van der Waals surface area contributed by atoms with Crippen LogP contribution in [0.1, 0.15) is 23.0 Å². The summed E-state index contributed by atoms with van der Waals surface area (Å²) in [5, 5.41) is 3.82. The van der Waals surface area contributed by atoms with Gasteiger partial charge in [-0.15, -0.1) is 0 Å². The second-order valence-corrected chi connectivity index (χ2v) is 4.95. The van der Waals surface area contributed by atoms with E-state index in [0.29, 0.717) is 22.7 Å². The summed E-state index contributed by atoms with van der Waals surface area (Å²) in [7, 11) is 1.35. The van der Waals surface area contributed by atoms with E-state index in [4.69, 9.17) is 20.8 Å². The standard InChI is InChI=1S/C15H16ClNO3/c1-10(8-12-4-3-7-20-12)17-14-9-11(16)5-6-13(14)15(18)19-2/h3-7,9-10,17H,8H2,1-2H3. The Kier molecular flexibility index (Phi) is 4.69. The Morgan fingerprint density at radius 2 is 2.25 bits per heavy atom. The molecule has 0 saturated carbocycles. The third-order valence-corrected chi connectivity index (χ3v) is 3.11. The lowest BCUT2D eigenvalue weighted by molar-refractivity contribution is 0.0602. The van der Waals surface area contributed by atoms with Crippen molar-refractivity contribution in [2.24, 2.45) is 0 Å². The number of rotatable bonds is 5. The average Bonchev–Trinajstić information content (AvgIpc) is 2.90. The molecule has 1 aromatic heterocycles. The molecule has 1 unspecified atom stereocenters. The van der Waals surface area contributed by atoms with E-state index in [-0.39, 0.29) is 6.04 Å². The molecular weight excluding hydrogens is 278 g/mol. The Balaban J connectivity index is 2.15. The van der Waals surface area contributed by atoms with Crippen LogP contribution >= 0.6 is 11.6 Å². The zero-order valence-corrected chi connectivity index (χ0v) is 12.1. The van der Waals surface area contributed by atoms with E-state index in [1.165, 1.54) is 7.11 Å². The first kappa shape index (κ1) is 14.5. The van der Waals surface area contributed by atoms with Crippen LogP contribution in [0.15, 0.2) is 41.0 Å². The average molecular weight is 294 g/mol. The van der Waals surface area contributed by atoms with Gasteiger partial charge in [0.25, 0.3) is 0 Å². The van der Waals surface area contributed by atoms with Gasteiger partial charge in [-0.3, -0.25) is 0 Å². The van der Waals surface area contributed by atoms with Crippen LogP contribution in [0, 0.1) is 0 Å². The SMILES string of the molecule is COC(=O)c1ccc(Cl)cc1NC(C)Cc1ccco1. The second-order valence-electron chi connectivity index (χ2n) is 4.51. The van der Waals surface area contributed by atoms with E-state index in [1.54, 1.807) is 24.5 Å². The highest BCUT2D eigenvalue weighted by molar-refractivity contribution is 6.31. The van der Waals surface area contributed by atoms with Gasteiger partial charge in [0.05, 0.1) is 24.6 Å². The van der Waals surface area contributed by atoms with Crippen LogP contribution in [0.3, 0.4) is 0 Å².